The molecule has 0 unspecified atom stereocenters. The van der Waals surface area contributed by atoms with Crippen molar-refractivity contribution in [2.24, 2.45) is 0 Å². The lowest BCUT2D eigenvalue weighted by molar-refractivity contribution is -0.142. The molecule has 1 saturated heterocycles. The van der Waals surface area contributed by atoms with Crippen LogP contribution in [0.25, 0.3) is 0 Å². The van der Waals surface area contributed by atoms with Gasteiger partial charge in [-0.2, -0.15) is 0 Å². The number of hydrogen-bond acceptors (Lipinski definition) is 5. The number of rotatable bonds is 2. The largest absolute Gasteiger partial charge is 0.396 e. The number of hydrogen-bond donors (Lipinski definition) is 1. The van der Waals surface area contributed by atoms with Gasteiger partial charge in [0.2, 0.25) is 0 Å². The summed E-state index contributed by atoms with van der Waals surface area (Å²) in [7, 11) is 1.78. The van der Waals surface area contributed by atoms with E-state index in [9.17, 15) is 14.0 Å². The van der Waals surface area contributed by atoms with E-state index in [0.29, 0.717) is 6.42 Å². The van der Waals surface area contributed by atoms with Crippen LogP contribution in [-0.2, 0) is 9.53 Å². The number of benzene rings is 1. The van der Waals surface area contributed by atoms with E-state index in [4.69, 9.17) is 10.5 Å². The van der Waals surface area contributed by atoms with Crippen LogP contribution >= 0.6 is 0 Å². The maximum absolute atomic E-state index is 13.6. The smallest absolute Gasteiger partial charge is 0.348 e. The molecule has 0 radical (unpaired) electrons. The maximum atomic E-state index is 13.6. The molecule has 1 aromatic rings. The second-order valence-corrected chi connectivity index (χ2v) is 4.56. The molecule has 0 aliphatic carbocycles. The fraction of sp³-hybridized carbons (Fsp3) is 0.385. The van der Waals surface area contributed by atoms with Crippen LogP contribution < -0.4 is 5.73 Å². The number of anilines is 1. The van der Waals surface area contributed by atoms with Crippen molar-refractivity contribution in [3.8, 4) is 0 Å². The summed E-state index contributed by atoms with van der Waals surface area (Å²) < 4.78 is 18.3. The normalized spacial score (nSPS) is 19.4. The molecule has 0 aromatic heterocycles. The number of halogens is 1. The van der Waals surface area contributed by atoms with Crippen molar-refractivity contribution < 1.29 is 18.7 Å². The van der Waals surface area contributed by atoms with Crippen LogP contribution in [0.4, 0.5) is 10.1 Å². The zero-order valence-electron chi connectivity index (χ0n) is 10.6. The highest BCUT2D eigenvalue weighted by atomic mass is 19.1. The van der Waals surface area contributed by atoms with Gasteiger partial charge in [-0.25, -0.2) is 14.0 Å². The van der Waals surface area contributed by atoms with Gasteiger partial charge >= 0.3 is 11.9 Å². The van der Waals surface area contributed by atoms with Crippen molar-refractivity contribution in [3.63, 3.8) is 0 Å². The molecule has 1 aromatic carbocycles. The van der Waals surface area contributed by atoms with Gasteiger partial charge < -0.3 is 10.5 Å². The van der Waals surface area contributed by atoms with Gasteiger partial charge in [-0.3, -0.25) is 4.90 Å². The molecule has 1 fully saturated rings. The van der Waals surface area contributed by atoms with Gasteiger partial charge in [0.05, 0.1) is 11.3 Å². The summed E-state index contributed by atoms with van der Waals surface area (Å²) in [5.41, 5.74) is 4.88. The molecule has 102 valence electrons. The van der Waals surface area contributed by atoms with Crippen LogP contribution in [0.15, 0.2) is 18.2 Å². The molecule has 1 aliphatic heterocycles. The van der Waals surface area contributed by atoms with E-state index in [1.165, 1.54) is 18.2 Å². The van der Waals surface area contributed by atoms with Crippen molar-refractivity contribution in [2.75, 3.05) is 19.3 Å². The number of carbonyl (C=O) groups excluding carboxylic acids is 2. The molecule has 5 nitrogen and oxygen atoms in total. The van der Waals surface area contributed by atoms with E-state index >= 15 is 0 Å². The minimum Gasteiger partial charge on any atom is -0.396 e. The van der Waals surface area contributed by atoms with Gasteiger partial charge in [0.25, 0.3) is 0 Å². The molecule has 19 heavy (non-hydrogen) atoms. The molecule has 0 bridgehead atoms. The molecule has 2 N–H and O–H groups in total. The zero-order valence-corrected chi connectivity index (χ0v) is 10.6. The lowest BCUT2D eigenvalue weighted by Crippen LogP contribution is -2.35. The molecular weight excluding hydrogens is 251 g/mol. The Labute approximate surface area is 110 Å². The highest BCUT2D eigenvalue weighted by Crippen LogP contribution is 2.19. The summed E-state index contributed by atoms with van der Waals surface area (Å²) in [5, 5.41) is 0. The Morgan fingerprint density at radius 3 is 2.84 bits per heavy atom. The maximum Gasteiger partial charge on any atom is 0.348 e. The van der Waals surface area contributed by atoms with Crippen molar-refractivity contribution in [1.29, 1.82) is 0 Å². The molecule has 0 saturated carbocycles. The number of nitrogens with zero attached hydrogens (tertiary/aromatic N) is 1. The summed E-state index contributed by atoms with van der Waals surface area (Å²) in [6, 6.07) is 3.56. The molecular formula is C13H15FN2O3. The molecule has 1 heterocycles. The second kappa shape index (κ2) is 5.36. The summed E-state index contributed by atoms with van der Waals surface area (Å²) in [4.78, 5) is 25.3. The van der Waals surface area contributed by atoms with Crippen LogP contribution in [0.1, 0.15) is 23.2 Å². The summed E-state index contributed by atoms with van der Waals surface area (Å²) in [6.07, 6.45) is 1.51. The van der Waals surface area contributed by atoms with E-state index in [1.54, 1.807) is 7.05 Å². The Morgan fingerprint density at radius 1 is 1.47 bits per heavy atom. The minimum absolute atomic E-state index is 0.153. The first kappa shape index (κ1) is 13.5. The first-order valence-electron chi connectivity index (χ1n) is 6.01. The molecule has 2 rings (SSSR count). The lowest BCUT2D eigenvalue weighted by Gasteiger charge is -2.16. The third-order valence-corrected chi connectivity index (χ3v) is 3.23. The van der Waals surface area contributed by atoms with Crippen LogP contribution in [0.5, 0.6) is 0 Å². The average molecular weight is 266 g/mol. The number of carbonyl (C=O) groups is 2. The Morgan fingerprint density at radius 2 is 2.21 bits per heavy atom. The second-order valence-electron chi connectivity index (χ2n) is 4.56. The first-order chi connectivity index (χ1) is 9.00. The van der Waals surface area contributed by atoms with E-state index in [0.717, 1.165) is 13.0 Å². The van der Waals surface area contributed by atoms with Crippen LogP contribution in [0.2, 0.25) is 0 Å². The van der Waals surface area contributed by atoms with Gasteiger partial charge in [-0.1, -0.05) is 6.07 Å². The molecule has 1 aliphatic rings. The van der Waals surface area contributed by atoms with Crippen molar-refractivity contribution >= 4 is 17.6 Å². The van der Waals surface area contributed by atoms with Crippen molar-refractivity contribution in [1.82, 2.24) is 4.90 Å². The average Bonchev–Trinajstić information content (AvgIpc) is 2.79. The van der Waals surface area contributed by atoms with E-state index in [1.807, 2.05) is 4.90 Å². The predicted molar refractivity (Wildman–Crippen MR) is 66.9 cm³/mol. The Hall–Kier alpha value is -1.95. The Balaban J connectivity index is 2.09. The monoisotopic (exact) mass is 266 g/mol. The molecule has 6 heteroatoms. The van der Waals surface area contributed by atoms with E-state index < -0.39 is 23.8 Å². The van der Waals surface area contributed by atoms with Crippen LogP contribution in [0, 0.1) is 5.82 Å². The van der Waals surface area contributed by atoms with Gasteiger partial charge in [-0.05, 0) is 38.6 Å². The minimum atomic E-state index is -1.00. The number of ether oxygens (including phenoxy) is 1. The standard InChI is InChI=1S/C13H15FN2O3/c1-16-7-3-6-10(16)13(18)19-12(17)8-4-2-5-9(15)11(8)14/h2,4-5,10H,3,6-7,15H2,1H3/t10-/m0/s1. The Kier molecular flexibility index (Phi) is 3.80. The summed E-state index contributed by atoms with van der Waals surface area (Å²) >= 11 is 0. The topological polar surface area (TPSA) is 72.6 Å². The number of esters is 2. The highest BCUT2D eigenvalue weighted by molar-refractivity contribution is 5.98. The number of likely N-dealkylation sites (N-methyl/N-ethyl adjacent to an activating group) is 1. The van der Waals surface area contributed by atoms with Crippen molar-refractivity contribution in [3.05, 3.63) is 29.6 Å². The number of nitrogen functional groups attached to an aromatic ring is 1. The summed E-state index contributed by atoms with van der Waals surface area (Å²) in [6.45, 7) is 0.778. The summed E-state index contributed by atoms with van der Waals surface area (Å²) in [5.74, 6) is -2.51. The van der Waals surface area contributed by atoms with Crippen LogP contribution in [-0.4, -0.2) is 36.5 Å². The van der Waals surface area contributed by atoms with Crippen molar-refractivity contribution in [2.45, 2.75) is 18.9 Å². The fourth-order valence-corrected chi connectivity index (χ4v) is 2.13. The molecule has 1 atom stereocenters. The Bertz CT molecular complexity index is 519. The fourth-order valence-electron chi connectivity index (χ4n) is 2.13. The van der Waals surface area contributed by atoms with E-state index in [-0.39, 0.29) is 11.3 Å². The SMILES string of the molecule is CN1CCC[C@H]1C(=O)OC(=O)c1cccc(N)c1F. The van der Waals surface area contributed by atoms with Gasteiger partial charge in [-0.15, -0.1) is 0 Å². The third-order valence-electron chi connectivity index (χ3n) is 3.23. The van der Waals surface area contributed by atoms with E-state index in [2.05, 4.69) is 0 Å². The van der Waals surface area contributed by atoms with Gasteiger partial charge in [0.15, 0.2) is 5.82 Å². The number of nitrogens with two attached hydrogens (primary N) is 1. The first-order valence-corrected chi connectivity index (χ1v) is 6.01. The van der Waals surface area contributed by atoms with Crippen LogP contribution in [0.3, 0.4) is 0 Å². The lowest BCUT2D eigenvalue weighted by atomic mass is 10.2. The predicted octanol–water partition coefficient (Wildman–Crippen LogP) is 1.19. The van der Waals surface area contributed by atoms with Gasteiger partial charge in [0.1, 0.15) is 6.04 Å². The molecule has 0 amide bonds. The highest BCUT2D eigenvalue weighted by Gasteiger charge is 2.31. The molecule has 0 spiro atoms. The van der Waals surface area contributed by atoms with Gasteiger partial charge in [0, 0.05) is 0 Å². The number of likely N-dealkylation sites (tertiary alicyclic amines) is 1. The zero-order chi connectivity index (χ0) is 14.0. The third kappa shape index (κ3) is 2.73. The quantitative estimate of drug-likeness (QED) is 0.494.